The minimum atomic E-state index is -0.434. The number of carbonyl (C=O) groups is 1. The molecule has 1 amide bonds. The number of benzene rings is 2. The zero-order valence-electron chi connectivity index (χ0n) is 11.1. The van der Waals surface area contributed by atoms with Gasteiger partial charge in [0.05, 0.1) is 10.0 Å². The van der Waals surface area contributed by atoms with E-state index in [1.807, 2.05) is 31.2 Å². The fraction of sp³-hybridized carbons (Fsp3) is 0.188. The van der Waals surface area contributed by atoms with E-state index in [0.29, 0.717) is 12.1 Å². The average Bonchev–Trinajstić information content (AvgIpc) is 2.44. The third-order valence-corrected chi connectivity index (χ3v) is 3.94. The minimum Gasteiger partial charge on any atom is -0.352 e. The van der Waals surface area contributed by atoms with Crippen molar-refractivity contribution in [3.63, 3.8) is 0 Å². The van der Waals surface area contributed by atoms with Gasteiger partial charge in [0.15, 0.2) is 0 Å². The highest BCUT2D eigenvalue weighted by Gasteiger charge is 2.12. The number of hydrogen-bond donors (Lipinski definition) is 1. The Balaban J connectivity index is 1.96. The minimum absolute atomic E-state index is 0.202. The SMILES string of the molecule is Cc1ccccc1CCNC(=O)c1cccc(F)c1Br. The molecule has 0 aromatic heterocycles. The third kappa shape index (κ3) is 3.45. The highest BCUT2D eigenvalue weighted by atomic mass is 79.9. The molecule has 0 bridgehead atoms. The second kappa shape index (κ2) is 6.66. The van der Waals surface area contributed by atoms with Crippen molar-refractivity contribution in [1.29, 1.82) is 0 Å². The highest BCUT2D eigenvalue weighted by Crippen LogP contribution is 2.20. The van der Waals surface area contributed by atoms with Crippen LogP contribution in [0.2, 0.25) is 0 Å². The lowest BCUT2D eigenvalue weighted by atomic mass is 10.1. The maximum Gasteiger partial charge on any atom is 0.252 e. The lowest BCUT2D eigenvalue weighted by Crippen LogP contribution is -2.26. The fourth-order valence-corrected chi connectivity index (χ4v) is 2.42. The van der Waals surface area contributed by atoms with Crippen LogP contribution in [0.4, 0.5) is 4.39 Å². The monoisotopic (exact) mass is 335 g/mol. The van der Waals surface area contributed by atoms with Gasteiger partial charge >= 0.3 is 0 Å². The van der Waals surface area contributed by atoms with Crippen LogP contribution in [-0.4, -0.2) is 12.5 Å². The van der Waals surface area contributed by atoms with Gasteiger partial charge in [0.25, 0.3) is 5.91 Å². The molecule has 4 heteroatoms. The van der Waals surface area contributed by atoms with Crippen LogP contribution in [0.3, 0.4) is 0 Å². The molecule has 1 N–H and O–H groups in total. The number of rotatable bonds is 4. The molecule has 2 aromatic carbocycles. The molecule has 104 valence electrons. The van der Waals surface area contributed by atoms with Gasteiger partial charge in [-0.05, 0) is 52.5 Å². The fourth-order valence-electron chi connectivity index (χ4n) is 1.98. The van der Waals surface area contributed by atoms with Crippen molar-refractivity contribution in [3.05, 3.63) is 69.4 Å². The van der Waals surface area contributed by atoms with Crippen molar-refractivity contribution >= 4 is 21.8 Å². The Labute approximate surface area is 126 Å². The number of nitrogens with one attached hydrogen (secondary N) is 1. The first-order chi connectivity index (χ1) is 9.59. The van der Waals surface area contributed by atoms with E-state index in [-0.39, 0.29) is 10.4 Å². The van der Waals surface area contributed by atoms with Gasteiger partial charge in [0, 0.05) is 6.54 Å². The topological polar surface area (TPSA) is 29.1 Å². The predicted octanol–water partition coefficient (Wildman–Crippen LogP) is 3.87. The standard InChI is InChI=1S/C16H15BrFNO/c1-11-5-2-3-6-12(11)9-10-19-16(20)13-7-4-8-14(18)15(13)17/h2-8H,9-10H2,1H3,(H,19,20). The van der Waals surface area contributed by atoms with Crippen LogP contribution in [0.5, 0.6) is 0 Å². The average molecular weight is 336 g/mol. The van der Waals surface area contributed by atoms with E-state index in [4.69, 9.17) is 0 Å². The van der Waals surface area contributed by atoms with Gasteiger partial charge in [-0.2, -0.15) is 0 Å². The highest BCUT2D eigenvalue weighted by molar-refractivity contribution is 9.10. The molecular weight excluding hydrogens is 321 g/mol. The van der Waals surface area contributed by atoms with Gasteiger partial charge in [-0.1, -0.05) is 30.3 Å². The van der Waals surface area contributed by atoms with Crippen LogP contribution in [0.1, 0.15) is 21.5 Å². The smallest absolute Gasteiger partial charge is 0.252 e. The molecule has 2 nitrogen and oxygen atoms in total. The summed E-state index contributed by atoms with van der Waals surface area (Å²) in [7, 11) is 0. The summed E-state index contributed by atoms with van der Waals surface area (Å²) in [6, 6.07) is 12.5. The summed E-state index contributed by atoms with van der Waals surface area (Å²) >= 11 is 3.09. The summed E-state index contributed by atoms with van der Waals surface area (Å²) in [5.74, 6) is -0.707. The van der Waals surface area contributed by atoms with Crippen LogP contribution in [0.25, 0.3) is 0 Å². The molecule has 0 atom stereocenters. The number of amides is 1. The molecule has 0 aliphatic carbocycles. The Bertz CT molecular complexity index is 628. The van der Waals surface area contributed by atoms with Gasteiger partial charge < -0.3 is 5.32 Å². The van der Waals surface area contributed by atoms with Crippen LogP contribution in [-0.2, 0) is 6.42 Å². The van der Waals surface area contributed by atoms with Crippen molar-refractivity contribution in [3.8, 4) is 0 Å². The normalized spacial score (nSPS) is 10.3. The molecule has 0 aliphatic rings. The Morgan fingerprint density at radius 1 is 1.20 bits per heavy atom. The van der Waals surface area contributed by atoms with Gasteiger partial charge in [0.2, 0.25) is 0 Å². The lowest BCUT2D eigenvalue weighted by Gasteiger charge is -2.09. The van der Waals surface area contributed by atoms with E-state index in [2.05, 4.69) is 21.2 Å². The van der Waals surface area contributed by atoms with E-state index in [1.165, 1.54) is 23.3 Å². The van der Waals surface area contributed by atoms with Crippen molar-refractivity contribution in [2.24, 2.45) is 0 Å². The van der Waals surface area contributed by atoms with Crippen molar-refractivity contribution in [2.45, 2.75) is 13.3 Å². The Hall–Kier alpha value is -1.68. The van der Waals surface area contributed by atoms with Gasteiger partial charge in [-0.15, -0.1) is 0 Å². The van der Waals surface area contributed by atoms with Gasteiger partial charge in [-0.3, -0.25) is 4.79 Å². The van der Waals surface area contributed by atoms with E-state index < -0.39 is 5.82 Å². The summed E-state index contributed by atoms with van der Waals surface area (Å²) < 4.78 is 13.6. The van der Waals surface area contributed by atoms with E-state index in [1.54, 1.807) is 6.07 Å². The van der Waals surface area contributed by atoms with E-state index in [0.717, 1.165) is 6.42 Å². The van der Waals surface area contributed by atoms with Crippen molar-refractivity contribution in [2.75, 3.05) is 6.54 Å². The maximum atomic E-state index is 13.4. The summed E-state index contributed by atoms with van der Waals surface area (Å²) in [6.07, 6.45) is 0.755. The molecule has 20 heavy (non-hydrogen) atoms. The van der Waals surface area contributed by atoms with Crippen LogP contribution in [0, 0.1) is 12.7 Å². The zero-order valence-corrected chi connectivity index (χ0v) is 12.7. The summed E-state index contributed by atoms with van der Waals surface area (Å²) in [4.78, 5) is 12.0. The third-order valence-electron chi connectivity index (χ3n) is 3.14. The first-order valence-electron chi connectivity index (χ1n) is 6.36. The maximum absolute atomic E-state index is 13.4. The molecule has 0 spiro atoms. The molecule has 2 aromatic rings. The van der Waals surface area contributed by atoms with Crippen LogP contribution < -0.4 is 5.32 Å². The van der Waals surface area contributed by atoms with Crippen molar-refractivity contribution < 1.29 is 9.18 Å². The molecule has 0 unspecified atom stereocenters. The molecule has 0 saturated carbocycles. The second-order valence-electron chi connectivity index (χ2n) is 4.53. The Morgan fingerprint density at radius 3 is 2.70 bits per heavy atom. The Kier molecular flexibility index (Phi) is 4.90. The largest absolute Gasteiger partial charge is 0.352 e. The van der Waals surface area contributed by atoms with Gasteiger partial charge in [-0.25, -0.2) is 4.39 Å². The Morgan fingerprint density at radius 2 is 1.95 bits per heavy atom. The van der Waals surface area contributed by atoms with Crippen LogP contribution >= 0.6 is 15.9 Å². The molecule has 0 heterocycles. The second-order valence-corrected chi connectivity index (χ2v) is 5.33. The molecule has 0 saturated heterocycles. The van der Waals surface area contributed by atoms with Crippen LogP contribution in [0.15, 0.2) is 46.9 Å². The van der Waals surface area contributed by atoms with Gasteiger partial charge in [0.1, 0.15) is 5.82 Å². The molecule has 0 aliphatic heterocycles. The number of halogens is 2. The predicted molar refractivity (Wildman–Crippen MR) is 81.3 cm³/mol. The van der Waals surface area contributed by atoms with E-state index in [9.17, 15) is 9.18 Å². The number of carbonyl (C=O) groups excluding carboxylic acids is 1. The quantitative estimate of drug-likeness (QED) is 0.902. The molecule has 0 fully saturated rings. The summed E-state index contributed by atoms with van der Waals surface area (Å²) in [5, 5.41) is 2.81. The summed E-state index contributed by atoms with van der Waals surface area (Å²) in [6.45, 7) is 2.56. The van der Waals surface area contributed by atoms with Crippen molar-refractivity contribution in [1.82, 2.24) is 5.32 Å². The number of hydrogen-bond acceptors (Lipinski definition) is 1. The summed E-state index contributed by atoms with van der Waals surface area (Å²) in [5.41, 5.74) is 2.72. The lowest BCUT2D eigenvalue weighted by molar-refractivity contribution is 0.0953. The first-order valence-corrected chi connectivity index (χ1v) is 7.15. The van der Waals surface area contributed by atoms with E-state index >= 15 is 0 Å². The first kappa shape index (κ1) is 14.7. The zero-order chi connectivity index (χ0) is 14.5. The molecule has 2 rings (SSSR count). The molecular formula is C16H15BrFNO. The number of aryl methyl sites for hydroxylation is 1. The molecule has 0 radical (unpaired) electrons.